The van der Waals surface area contributed by atoms with Gasteiger partial charge in [-0.3, -0.25) is 0 Å². The molecule has 0 spiro atoms. The molecule has 1 aliphatic rings. The zero-order chi connectivity index (χ0) is 25.6. The van der Waals surface area contributed by atoms with Crippen LogP contribution in [-0.2, 0) is 21.7 Å². The number of aromatic amines is 4. The molecule has 8 bridgehead atoms. The van der Waals surface area contributed by atoms with E-state index in [-0.39, 0.29) is 10.8 Å². The van der Waals surface area contributed by atoms with Crippen molar-refractivity contribution in [2.24, 2.45) is 0 Å². The van der Waals surface area contributed by atoms with Crippen LogP contribution >= 0.6 is 0 Å². The van der Waals surface area contributed by atoms with Gasteiger partial charge in [-0.25, -0.2) is 4.79 Å². The van der Waals surface area contributed by atoms with Gasteiger partial charge < -0.3 is 25.0 Å². The molecular weight excluding hydrogens is 436 g/mol. The SMILES string of the molecule is CC1(C)c2ccc([nH]2)C(C)(C)c2ccc([nH]2)C(C)(C)c2[nH]c(cc2C(=O)O)C(C)(C)c2ccc1[nH]2. The molecule has 0 aromatic carbocycles. The maximum Gasteiger partial charge on any atom is 0.337 e. The summed E-state index contributed by atoms with van der Waals surface area (Å²) in [6.07, 6.45) is 0. The first-order valence-electron chi connectivity index (χ1n) is 12.2. The Morgan fingerprint density at radius 3 is 1.20 bits per heavy atom. The molecule has 0 saturated carbocycles. The Balaban J connectivity index is 1.81. The summed E-state index contributed by atoms with van der Waals surface area (Å²) < 4.78 is 0. The molecule has 0 radical (unpaired) electrons. The van der Waals surface area contributed by atoms with Gasteiger partial charge in [-0.05, 0) is 97.9 Å². The van der Waals surface area contributed by atoms with Crippen LogP contribution in [0.5, 0.6) is 0 Å². The monoisotopic (exact) mass is 472 g/mol. The summed E-state index contributed by atoms with van der Waals surface area (Å²) >= 11 is 0. The largest absolute Gasteiger partial charge is 0.478 e. The summed E-state index contributed by atoms with van der Waals surface area (Å²) in [5.74, 6) is -0.927. The minimum absolute atomic E-state index is 0.268. The van der Waals surface area contributed by atoms with Crippen LogP contribution in [0.3, 0.4) is 0 Å². The minimum Gasteiger partial charge on any atom is -0.478 e. The Morgan fingerprint density at radius 1 is 0.543 bits per heavy atom. The van der Waals surface area contributed by atoms with Crippen molar-refractivity contribution < 1.29 is 9.90 Å². The Labute approximate surface area is 206 Å². The number of aromatic nitrogens is 4. The highest BCUT2D eigenvalue weighted by atomic mass is 16.4. The number of fused-ring (bicyclic) bond motifs is 8. The van der Waals surface area contributed by atoms with Gasteiger partial charge in [0.05, 0.1) is 5.56 Å². The van der Waals surface area contributed by atoms with Crippen molar-refractivity contribution in [1.82, 2.24) is 19.9 Å². The number of aromatic carboxylic acids is 1. The van der Waals surface area contributed by atoms with E-state index in [2.05, 4.69) is 112 Å². The Hall–Kier alpha value is -3.41. The molecule has 0 amide bonds. The molecule has 0 saturated heterocycles. The van der Waals surface area contributed by atoms with Gasteiger partial charge in [0.2, 0.25) is 0 Å². The number of H-pyrrole nitrogens is 4. The van der Waals surface area contributed by atoms with Gasteiger partial charge in [0.25, 0.3) is 0 Å². The average Bonchev–Trinajstić information content (AvgIpc) is 3.56. The second-order valence-corrected chi connectivity index (χ2v) is 12.1. The quantitative estimate of drug-likeness (QED) is 0.224. The summed E-state index contributed by atoms with van der Waals surface area (Å²) in [6, 6.07) is 14.6. The highest BCUT2D eigenvalue weighted by molar-refractivity contribution is 5.90. The molecule has 6 nitrogen and oxygen atoms in total. The Kier molecular flexibility index (Phi) is 4.71. The third kappa shape index (κ3) is 3.26. The van der Waals surface area contributed by atoms with E-state index in [1.165, 1.54) is 0 Å². The predicted octanol–water partition coefficient (Wildman–Crippen LogP) is 6.31. The molecule has 4 aromatic heterocycles. The normalized spacial score (nSPS) is 19.4. The van der Waals surface area contributed by atoms with E-state index in [1.54, 1.807) is 6.07 Å². The second-order valence-electron chi connectivity index (χ2n) is 12.1. The third-order valence-electron chi connectivity index (χ3n) is 8.44. The van der Waals surface area contributed by atoms with E-state index < -0.39 is 16.8 Å². The summed E-state index contributed by atoms with van der Waals surface area (Å²) in [7, 11) is 0. The van der Waals surface area contributed by atoms with Crippen molar-refractivity contribution in [3.8, 4) is 0 Å². The Morgan fingerprint density at radius 2 is 0.857 bits per heavy atom. The molecule has 0 atom stereocenters. The van der Waals surface area contributed by atoms with E-state index in [0.717, 1.165) is 39.9 Å². The van der Waals surface area contributed by atoms with Crippen LogP contribution in [0.25, 0.3) is 0 Å². The fourth-order valence-corrected chi connectivity index (χ4v) is 5.40. The minimum atomic E-state index is -0.927. The number of carboxylic acid groups (broad SMARTS) is 1. The highest BCUT2D eigenvalue weighted by Gasteiger charge is 2.38. The summed E-state index contributed by atoms with van der Waals surface area (Å²) in [5, 5.41) is 10.1. The zero-order valence-electron chi connectivity index (χ0n) is 21.9. The number of carboxylic acids is 1. The van der Waals surface area contributed by atoms with Gasteiger partial charge in [0.1, 0.15) is 0 Å². The number of hydrogen-bond donors (Lipinski definition) is 5. The molecule has 5 N–H and O–H groups in total. The lowest BCUT2D eigenvalue weighted by Gasteiger charge is -2.28. The van der Waals surface area contributed by atoms with Crippen molar-refractivity contribution in [2.75, 3.05) is 0 Å². The Bertz CT molecular complexity index is 1430. The average molecular weight is 473 g/mol. The fraction of sp³-hybridized carbons (Fsp3) is 0.414. The molecule has 1 aliphatic heterocycles. The molecule has 0 fully saturated rings. The highest BCUT2D eigenvalue weighted by Crippen LogP contribution is 2.41. The van der Waals surface area contributed by atoms with Crippen LogP contribution in [-0.4, -0.2) is 31.0 Å². The van der Waals surface area contributed by atoms with Crippen molar-refractivity contribution >= 4 is 5.97 Å². The van der Waals surface area contributed by atoms with E-state index >= 15 is 0 Å². The van der Waals surface area contributed by atoms with E-state index in [4.69, 9.17) is 0 Å². The number of nitrogens with one attached hydrogen (secondary N) is 4. The summed E-state index contributed by atoms with van der Waals surface area (Å²) in [6.45, 7) is 17.2. The maximum absolute atomic E-state index is 12.4. The van der Waals surface area contributed by atoms with Crippen LogP contribution in [0.15, 0.2) is 42.5 Å². The molecule has 0 aliphatic carbocycles. The maximum atomic E-state index is 12.4. The number of hydrogen-bond acceptors (Lipinski definition) is 1. The zero-order valence-corrected chi connectivity index (χ0v) is 21.9. The van der Waals surface area contributed by atoms with Crippen molar-refractivity contribution in [1.29, 1.82) is 0 Å². The first-order valence-corrected chi connectivity index (χ1v) is 12.2. The predicted molar refractivity (Wildman–Crippen MR) is 139 cm³/mol. The van der Waals surface area contributed by atoms with Crippen LogP contribution in [0.2, 0.25) is 0 Å². The summed E-state index contributed by atoms with van der Waals surface area (Å²) in [5.41, 5.74) is 6.72. The lowest BCUT2D eigenvalue weighted by Crippen LogP contribution is -2.26. The standard InChI is InChI=1S/C29H36N4O2/c1-26(2)17-9-10-18(30-17)27(3,4)20-13-14-22(32-20)29(7,8)24-16(25(34)35)15-23(33-24)28(5,6)21-12-11-19(26)31-21/h9-15,30-33H,1-8H3,(H,34,35). The topological polar surface area (TPSA) is 100 Å². The molecule has 5 rings (SSSR count). The van der Waals surface area contributed by atoms with Gasteiger partial charge in [-0.1, -0.05) is 0 Å². The van der Waals surface area contributed by atoms with Crippen molar-refractivity contribution in [2.45, 2.75) is 77.0 Å². The molecule has 184 valence electrons. The van der Waals surface area contributed by atoms with E-state index in [1.807, 2.05) is 0 Å². The van der Waals surface area contributed by atoms with Crippen LogP contribution < -0.4 is 0 Å². The van der Waals surface area contributed by atoms with E-state index in [9.17, 15) is 9.90 Å². The lowest BCUT2D eigenvalue weighted by molar-refractivity contribution is 0.0694. The first kappa shape index (κ1) is 23.3. The van der Waals surface area contributed by atoms with Crippen molar-refractivity contribution in [3.63, 3.8) is 0 Å². The van der Waals surface area contributed by atoms with Gasteiger partial charge in [0.15, 0.2) is 0 Å². The summed E-state index contributed by atoms with van der Waals surface area (Å²) in [4.78, 5) is 26.9. The van der Waals surface area contributed by atoms with Gasteiger partial charge in [0, 0.05) is 67.2 Å². The van der Waals surface area contributed by atoms with Crippen molar-refractivity contribution in [3.05, 3.63) is 93.6 Å². The van der Waals surface area contributed by atoms with E-state index in [0.29, 0.717) is 11.3 Å². The smallest absolute Gasteiger partial charge is 0.337 e. The molecule has 4 aromatic rings. The number of carbonyl (C=O) groups is 1. The first-order chi connectivity index (χ1) is 16.2. The second kappa shape index (κ2) is 7.06. The van der Waals surface area contributed by atoms with Gasteiger partial charge >= 0.3 is 5.97 Å². The molecule has 5 heterocycles. The van der Waals surface area contributed by atoms with Gasteiger partial charge in [-0.2, -0.15) is 0 Å². The van der Waals surface area contributed by atoms with Crippen LogP contribution in [0.1, 0.15) is 111 Å². The lowest BCUT2D eigenvalue weighted by atomic mass is 9.83. The molecular formula is C29H36N4O2. The van der Waals surface area contributed by atoms with Crippen LogP contribution in [0.4, 0.5) is 0 Å². The van der Waals surface area contributed by atoms with Gasteiger partial charge in [-0.15, -0.1) is 0 Å². The third-order valence-corrected chi connectivity index (χ3v) is 8.44. The molecule has 0 unspecified atom stereocenters. The molecule has 6 heteroatoms. The number of rotatable bonds is 1. The fourth-order valence-electron chi connectivity index (χ4n) is 5.40. The van der Waals surface area contributed by atoms with Crippen LogP contribution in [0, 0.1) is 0 Å². The molecule has 35 heavy (non-hydrogen) atoms.